The van der Waals surface area contributed by atoms with Crippen LogP contribution in [0.3, 0.4) is 0 Å². The fraction of sp³-hybridized carbons (Fsp3) is 0.214. The summed E-state index contributed by atoms with van der Waals surface area (Å²) in [6.07, 6.45) is 4.35. The lowest BCUT2D eigenvalue weighted by atomic mass is 9.38. The van der Waals surface area contributed by atoms with Crippen LogP contribution in [0.1, 0.15) is 33.3 Å². The highest BCUT2D eigenvalue weighted by atomic mass is 35.5. The molecule has 0 saturated carbocycles. The van der Waals surface area contributed by atoms with E-state index in [2.05, 4.69) is 105 Å². The van der Waals surface area contributed by atoms with Gasteiger partial charge in [-0.25, -0.2) is 0 Å². The molecule has 1 fully saturated rings. The summed E-state index contributed by atoms with van der Waals surface area (Å²) in [6, 6.07) is 29.0. The van der Waals surface area contributed by atoms with Crippen molar-refractivity contribution in [2.75, 3.05) is 4.81 Å². The van der Waals surface area contributed by atoms with Crippen LogP contribution in [0.2, 0.25) is 5.02 Å². The maximum Gasteiger partial charge on any atom is 0.483 e. The van der Waals surface area contributed by atoms with Crippen LogP contribution in [-0.2, 0) is 9.31 Å². The third-order valence-corrected chi connectivity index (χ3v) is 7.33. The predicted molar refractivity (Wildman–Crippen MR) is 144 cm³/mol. The Balaban J connectivity index is 1.70. The molecule has 2 aliphatic rings. The Bertz CT molecular complexity index is 1210. The minimum absolute atomic E-state index is 0.114. The molecule has 5 rings (SSSR count). The van der Waals surface area contributed by atoms with Gasteiger partial charge >= 0.3 is 14.0 Å². The first-order valence-corrected chi connectivity index (χ1v) is 12.1. The molecule has 6 heteroatoms. The van der Waals surface area contributed by atoms with Crippen molar-refractivity contribution >= 4 is 42.4 Å². The van der Waals surface area contributed by atoms with Crippen LogP contribution in [-0.4, -0.2) is 25.2 Å². The van der Waals surface area contributed by atoms with Crippen molar-refractivity contribution in [2.45, 2.75) is 38.9 Å². The molecule has 0 bridgehead atoms. The molecular formula is C28H28B2ClNO2. The van der Waals surface area contributed by atoms with E-state index < -0.39 is 18.3 Å². The molecule has 2 heterocycles. The van der Waals surface area contributed by atoms with Crippen molar-refractivity contribution in [3.8, 4) is 0 Å². The van der Waals surface area contributed by atoms with Gasteiger partial charge in [-0.1, -0.05) is 83.8 Å². The van der Waals surface area contributed by atoms with Crippen molar-refractivity contribution in [2.24, 2.45) is 0 Å². The second kappa shape index (κ2) is 8.81. The minimum atomic E-state index is -0.460. The minimum Gasteiger partial charge on any atom is -0.400 e. The quantitative estimate of drug-likeness (QED) is 0.427. The Hall–Kier alpha value is -2.72. The number of benzene rings is 3. The number of hydrogen-bond donors (Lipinski definition) is 0. The molecule has 170 valence electrons. The molecule has 3 aromatic rings. The Kier molecular flexibility index (Phi) is 5.97. The van der Waals surface area contributed by atoms with Crippen LogP contribution < -0.4 is 10.3 Å². The van der Waals surface area contributed by atoms with E-state index in [-0.39, 0.29) is 6.85 Å². The first-order chi connectivity index (χ1) is 16.3. The van der Waals surface area contributed by atoms with Crippen LogP contribution >= 0.6 is 11.6 Å². The molecule has 0 amide bonds. The fourth-order valence-corrected chi connectivity index (χ4v) is 4.66. The van der Waals surface area contributed by atoms with Gasteiger partial charge in [0.05, 0.1) is 11.2 Å². The van der Waals surface area contributed by atoms with Gasteiger partial charge in [0.25, 0.3) is 0 Å². The van der Waals surface area contributed by atoms with Gasteiger partial charge in [0.15, 0.2) is 0 Å². The summed E-state index contributed by atoms with van der Waals surface area (Å²) in [4.78, 5) is 2.36. The first-order valence-electron chi connectivity index (χ1n) is 11.7. The number of anilines is 1. The molecule has 0 N–H and O–H groups in total. The third-order valence-electron chi connectivity index (χ3n) is 7.08. The summed E-state index contributed by atoms with van der Waals surface area (Å²) in [6.45, 7) is 8.26. The van der Waals surface area contributed by atoms with Crippen molar-refractivity contribution in [1.82, 2.24) is 0 Å². The molecule has 0 aliphatic carbocycles. The standard InChI is InChI=1S/C28H28B2ClNO2/c1-27(2)28(3,4)34-30(33-27)26-20-19-25(21-11-7-5-8-12-21)32(24-17-15-23(31)16-18-24)29(26)22-13-9-6-10-14-22/h5-20H,1-4H3. The van der Waals surface area contributed by atoms with Crippen molar-refractivity contribution in [3.05, 3.63) is 113 Å². The highest BCUT2D eigenvalue weighted by Crippen LogP contribution is 2.41. The Morgan fingerprint density at radius 3 is 1.85 bits per heavy atom. The molecule has 0 unspecified atom stereocenters. The summed E-state index contributed by atoms with van der Waals surface area (Å²) in [5.74, 6) is 0. The topological polar surface area (TPSA) is 21.7 Å². The summed E-state index contributed by atoms with van der Waals surface area (Å²) in [7, 11) is -0.460. The molecule has 34 heavy (non-hydrogen) atoms. The van der Waals surface area contributed by atoms with Gasteiger partial charge in [-0.05, 0) is 69.0 Å². The molecule has 3 aromatic carbocycles. The van der Waals surface area contributed by atoms with E-state index >= 15 is 0 Å². The maximum atomic E-state index is 6.53. The molecule has 0 aromatic heterocycles. The lowest BCUT2D eigenvalue weighted by Gasteiger charge is -2.38. The number of hydrogen-bond acceptors (Lipinski definition) is 3. The van der Waals surface area contributed by atoms with Crippen LogP contribution in [0, 0.1) is 0 Å². The maximum absolute atomic E-state index is 6.53. The summed E-state index contributed by atoms with van der Waals surface area (Å²) < 4.78 is 13.1. The monoisotopic (exact) mass is 467 g/mol. The van der Waals surface area contributed by atoms with Crippen LogP contribution in [0.4, 0.5) is 5.69 Å². The highest BCUT2D eigenvalue weighted by molar-refractivity contribution is 6.95. The Labute approximate surface area is 208 Å². The molecule has 2 aliphatic heterocycles. The zero-order valence-corrected chi connectivity index (χ0v) is 20.8. The average Bonchev–Trinajstić information content (AvgIpc) is 3.06. The Morgan fingerprint density at radius 1 is 0.706 bits per heavy atom. The van der Waals surface area contributed by atoms with Gasteiger partial charge in [-0.3, -0.25) is 0 Å². The summed E-state index contributed by atoms with van der Waals surface area (Å²) in [5, 5.41) is 1.78. The molecule has 0 spiro atoms. The van der Waals surface area contributed by atoms with Gasteiger partial charge < -0.3 is 14.1 Å². The fourth-order valence-electron chi connectivity index (χ4n) is 4.53. The van der Waals surface area contributed by atoms with E-state index in [0.29, 0.717) is 5.02 Å². The predicted octanol–water partition coefficient (Wildman–Crippen LogP) is 6.20. The van der Waals surface area contributed by atoms with Gasteiger partial charge in [-0.2, -0.15) is 0 Å². The van der Waals surface area contributed by atoms with Gasteiger partial charge in [0.2, 0.25) is 0 Å². The van der Waals surface area contributed by atoms with E-state index in [9.17, 15) is 0 Å². The smallest absolute Gasteiger partial charge is 0.400 e. The highest BCUT2D eigenvalue weighted by Gasteiger charge is 2.55. The average molecular weight is 468 g/mol. The molecule has 0 radical (unpaired) electrons. The van der Waals surface area contributed by atoms with E-state index in [1.54, 1.807) is 0 Å². The summed E-state index contributed by atoms with van der Waals surface area (Å²) >= 11 is 6.27. The van der Waals surface area contributed by atoms with E-state index in [1.165, 1.54) is 5.46 Å². The normalized spacial score (nSPS) is 19.1. The number of nitrogens with zero attached hydrogens (tertiary/aromatic N) is 1. The van der Waals surface area contributed by atoms with Crippen molar-refractivity contribution < 1.29 is 9.31 Å². The number of rotatable bonds is 4. The van der Waals surface area contributed by atoms with Crippen LogP contribution in [0.25, 0.3) is 5.70 Å². The van der Waals surface area contributed by atoms with Gasteiger partial charge in [0, 0.05) is 16.4 Å². The largest absolute Gasteiger partial charge is 0.483 e. The van der Waals surface area contributed by atoms with Crippen LogP contribution in [0.5, 0.6) is 0 Å². The molecule has 3 nitrogen and oxygen atoms in total. The zero-order chi connectivity index (χ0) is 23.9. The third kappa shape index (κ3) is 4.13. The van der Waals surface area contributed by atoms with Gasteiger partial charge in [0.1, 0.15) is 0 Å². The zero-order valence-electron chi connectivity index (χ0n) is 20.0. The second-order valence-corrected chi connectivity index (χ2v) is 10.3. The molecule has 0 atom stereocenters. The van der Waals surface area contributed by atoms with Crippen molar-refractivity contribution in [1.29, 1.82) is 0 Å². The van der Waals surface area contributed by atoms with E-state index in [4.69, 9.17) is 20.9 Å². The van der Waals surface area contributed by atoms with E-state index in [1.807, 2.05) is 24.3 Å². The SMILES string of the molecule is CC1(C)OB(C2=CC=C(c3ccccc3)N(c3ccc(Cl)cc3)B2c2ccccc2)OC1(C)C. The molecule has 1 saturated heterocycles. The lowest BCUT2D eigenvalue weighted by molar-refractivity contribution is 0.00578. The van der Waals surface area contributed by atoms with Gasteiger partial charge in [-0.15, -0.1) is 0 Å². The number of allylic oxidation sites excluding steroid dienone is 2. The van der Waals surface area contributed by atoms with E-state index in [0.717, 1.165) is 22.3 Å². The number of halogens is 1. The lowest BCUT2D eigenvalue weighted by Crippen LogP contribution is -2.54. The van der Waals surface area contributed by atoms with Crippen LogP contribution in [0.15, 0.2) is 102 Å². The second-order valence-electron chi connectivity index (χ2n) is 9.83. The summed E-state index contributed by atoms with van der Waals surface area (Å²) in [5.41, 5.74) is 3.62. The first kappa shape index (κ1) is 23.0. The van der Waals surface area contributed by atoms with Crippen molar-refractivity contribution in [3.63, 3.8) is 0 Å². The molecular weight excluding hydrogens is 439 g/mol. The Morgan fingerprint density at radius 2 is 1.26 bits per heavy atom.